The van der Waals surface area contributed by atoms with E-state index < -0.39 is 5.79 Å². The highest BCUT2D eigenvalue weighted by Gasteiger charge is 2.47. The van der Waals surface area contributed by atoms with Gasteiger partial charge in [0.05, 0.1) is 13.2 Å². The first-order valence-corrected chi connectivity index (χ1v) is 11.9. The molecule has 3 aromatic rings. The molecule has 2 heterocycles. The van der Waals surface area contributed by atoms with E-state index >= 15 is 0 Å². The van der Waals surface area contributed by atoms with Gasteiger partial charge >= 0.3 is 0 Å². The minimum Gasteiger partial charge on any atom is -0.489 e. The largest absolute Gasteiger partial charge is 0.489 e. The lowest BCUT2D eigenvalue weighted by atomic mass is 9.76. The highest BCUT2D eigenvalue weighted by molar-refractivity contribution is 5.50. The second-order valence-electron chi connectivity index (χ2n) is 9.04. The maximum absolute atomic E-state index is 6.33. The van der Waals surface area contributed by atoms with Gasteiger partial charge in [-0.2, -0.15) is 0 Å². The SMILES string of the molecule is c1ccc(COC2=C3CC4(CC[C@@H]3c3cc(OCc5ccccc5)ccc3O2)OCCO4)cc1. The summed E-state index contributed by atoms with van der Waals surface area (Å²) in [5.41, 5.74) is 4.49. The lowest BCUT2D eigenvalue weighted by Crippen LogP contribution is -2.38. The molecule has 1 saturated heterocycles. The van der Waals surface area contributed by atoms with Crippen molar-refractivity contribution in [3.8, 4) is 11.5 Å². The first-order chi connectivity index (χ1) is 16.8. The zero-order chi connectivity index (χ0) is 22.8. The summed E-state index contributed by atoms with van der Waals surface area (Å²) < 4.78 is 30.8. The van der Waals surface area contributed by atoms with Crippen LogP contribution in [0.15, 0.2) is 90.4 Å². The lowest BCUT2D eigenvalue weighted by Gasteiger charge is -2.40. The van der Waals surface area contributed by atoms with Crippen molar-refractivity contribution in [1.82, 2.24) is 0 Å². The molecule has 2 aliphatic heterocycles. The molecule has 0 aromatic heterocycles. The molecule has 0 amide bonds. The molecule has 1 saturated carbocycles. The summed E-state index contributed by atoms with van der Waals surface area (Å²) in [5, 5.41) is 0. The van der Waals surface area contributed by atoms with Gasteiger partial charge in [-0.3, -0.25) is 0 Å². The van der Waals surface area contributed by atoms with Crippen molar-refractivity contribution in [2.24, 2.45) is 0 Å². The Bertz CT molecular complexity index is 1170. The summed E-state index contributed by atoms with van der Waals surface area (Å²) in [6.45, 7) is 2.25. The van der Waals surface area contributed by atoms with Gasteiger partial charge in [0, 0.05) is 29.9 Å². The molecule has 1 spiro atoms. The summed E-state index contributed by atoms with van der Waals surface area (Å²) in [7, 11) is 0. The fourth-order valence-electron chi connectivity index (χ4n) is 5.07. The standard InChI is InChI=1S/C29H28O5/c1-3-7-21(8-4-1)19-30-23-11-12-27-25(17-23)24-13-14-29(32-15-16-33-29)18-26(24)28(34-27)31-20-22-9-5-2-6-10-22/h1-12,17,24H,13-16,18-20H2/t24-/m1/s1. The van der Waals surface area contributed by atoms with Crippen LogP contribution >= 0.6 is 0 Å². The van der Waals surface area contributed by atoms with Crippen molar-refractivity contribution in [3.63, 3.8) is 0 Å². The Morgan fingerprint density at radius 1 is 0.794 bits per heavy atom. The van der Waals surface area contributed by atoms with Crippen LogP contribution in [0.4, 0.5) is 0 Å². The molecule has 174 valence electrons. The highest BCUT2D eigenvalue weighted by Crippen LogP contribution is 2.52. The molecule has 3 aromatic carbocycles. The van der Waals surface area contributed by atoms with Gasteiger partial charge in [-0.15, -0.1) is 0 Å². The third-order valence-electron chi connectivity index (χ3n) is 6.79. The van der Waals surface area contributed by atoms with Crippen molar-refractivity contribution >= 4 is 0 Å². The normalized spacial score (nSPS) is 20.4. The number of hydrogen-bond acceptors (Lipinski definition) is 5. The number of ether oxygens (including phenoxy) is 5. The quantitative estimate of drug-likeness (QED) is 0.449. The molecular weight excluding hydrogens is 428 g/mol. The van der Waals surface area contributed by atoms with Crippen LogP contribution in [-0.2, 0) is 27.4 Å². The van der Waals surface area contributed by atoms with Gasteiger partial charge in [-0.05, 0) is 35.7 Å². The first-order valence-electron chi connectivity index (χ1n) is 11.9. The van der Waals surface area contributed by atoms with Crippen LogP contribution < -0.4 is 9.47 Å². The second-order valence-corrected chi connectivity index (χ2v) is 9.04. The Morgan fingerprint density at radius 2 is 1.47 bits per heavy atom. The number of benzene rings is 3. The predicted octanol–water partition coefficient (Wildman–Crippen LogP) is 6.10. The predicted molar refractivity (Wildman–Crippen MR) is 127 cm³/mol. The van der Waals surface area contributed by atoms with E-state index in [1.54, 1.807) is 0 Å². The van der Waals surface area contributed by atoms with Crippen LogP contribution in [0.5, 0.6) is 11.5 Å². The van der Waals surface area contributed by atoms with Gasteiger partial charge in [0.2, 0.25) is 0 Å². The summed E-state index contributed by atoms with van der Waals surface area (Å²) in [4.78, 5) is 0. The van der Waals surface area contributed by atoms with Gasteiger partial charge < -0.3 is 23.7 Å². The highest BCUT2D eigenvalue weighted by atomic mass is 16.7. The Kier molecular flexibility index (Phi) is 5.73. The number of fused-ring (bicyclic) bond motifs is 3. The maximum Gasteiger partial charge on any atom is 0.285 e. The molecule has 6 rings (SSSR count). The molecule has 5 nitrogen and oxygen atoms in total. The van der Waals surface area contributed by atoms with E-state index in [0.29, 0.717) is 38.8 Å². The van der Waals surface area contributed by atoms with Crippen molar-refractivity contribution in [3.05, 3.63) is 107 Å². The number of rotatable bonds is 6. The van der Waals surface area contributed by atoms with Crippen LogP contribution in [0.2, 0.25) is 0 Å². The smallest absolute Gasteiger partial charge is 0.285 e. The fraction of sp³-hybridized carbons (Fsp3) is 0.310. The summed E-state index contributed by atoms with van der Waals surface area (Å²) in [6, 6.07) is 26.4. The average Bonchev–Trinajstić information content (AvgIpc) is 3.34. The van der Waals surface area contributed by atoms with Crippen LogP contribution in [0, 0.1) is 0 Å². The van der Waals surface area contributed by atoms with Crippen LogP contribution in [-0.4, -0.2) is 19.0 Å². The van der Waals surface area contributed by atoms with Crippen molar-refractivity contribution in [2.45, 2.75) is 44.2 Å². The third kappa shape index (κ3) is 4.29. The van der Waals surface area contributed by atoms with E-state index in [1.165, 1.54) is 0 Å². The first kappa shape index (κ1) is 21.3. The van der Waals surface area contributed by atoms with Gasteiger partial charge in [0.1, 0.15) is 24.7 Å². The second kappa shape index (κ2) is 9.16. The Hall–Kier alpha value is -3.28. The van der Waals surface area contributed by atoms with E-state index in [4.69, 9.17) is 23.7 Å². The fourth-order valence-corrected chi connectivity index (χ4v) is 5.07. The zero-order valence-corrected chi connectivity index (χ0v) is 19.1. The molecule has 1 atom stereocenters. The topological polar surface area (TPSA) is 46.2 Å². The molecule has 2 fully saturated rings. The van der Waals surface area contributed by atoms with Crippen molar-refractivity contribution < 1.29 is 23.7 Å². The molecule has 3 aliphatic rings. The van der Waals surface area contributed by atoms with Gasteiger partial charge in [-0.1, -0.05) is 60.7 Å². The van der Waals surface area contributed by atoms with Gasteiger partial charge in [0.25, 0.3) is 5.95 Å². The maximum atomic E-state index is 6.33. The van der Waals surface area contributed by atoms with Gasteiger partial charge in [-0.25, -0.2) is 0 Å². The van der Waals surface area contributed by atoms with Crippen molar-refractivity contribution in [1.29, 1.82) is 0 Å². The van der Waals surface area contributed by atoms with Crippen LogP contribution in [0.1, 0.15) is 41.9 Å². The van der Waals surface area contributed by atoms with E-state index in [1.807, 2.05) is 48.5 Å². The van der Waals surface area contributed by atoms with Crippen LogP contribution in [0.3, 0.4) is 0 Å². The minimum atomic E-state index is -0.560. The van der Waals surface area contributed by atoms with Gasteiger partial charge in [0.15, 0.2) is 5.79 Å². The van der Waals surface area contributed by atoms with E-state index in [2.05, 4.69) is 30.3 Å². The molecular formula is C29H28O5. The molecule has 5 heteroatoms. The summed E-state index contributed by atoms with van der Waals surface area (Å²) in [5.74, 6) is 1.88. The van der Waals surface area contributed by atoms with Crippen molar-refractivity contribution in [2.75, 3.05) is 13.2 Å². The molecule has 34 heavy (non-hydrogen) atoms. The average molecular weight is 457 g/mol. The molecule has 0 unspecified atom stereocenters. The molecule has 0 bridgehead atoms. The Morgan fingerprint density at radius 3 is 2.18 bits per heavy atom. The summed E-state index contributed by atoms with van der Waals surface area (Å²) >= 11 is 0. The number of hydrogen-bond donors (Lipinski definition) is 0. The molecule has 0 radical (unpaired) electrons. The monoisotopic (exact) mass is 456 g/mol. The zero-order valence-electron chi connectivity index (χ0n) is 19.1. The van der Waals surface area contributed by atoms with E-state index in [0.717, 1.165) is 46.6 Å². The Labute approximate surface area is 199 Å². The minimum absolute atomic E-state index is 0.188. The Balaban J connectivity index is 1.27. The molecule has 1 aliphatic carbocycles. The van der Waals surface area contributed by atoms with Crippen LogP contribution in [0.25, 0.3) is 0 Å². The third-order valence-corrected chi connectivity index (χ3v) is 6.79. The summed E-state index contributed by atoms with van der Waals surface area (Å²) in [6.07, 6.45) is 2.41. The molecule has 0 N–H and O–H groups in total. The lowest BCUT2D eigenvalue weighted by molar-refractivity contribution is -0.170. The van der Waals surface area contributed by atoms with E-state index in [-0.39, 0.29) is 5.92 Å². The van der Waals surface area contributed by atoms with E-state index in [9.17, 15) is 0 Å².